The van der Waals surface area contributed by atoms with Crippen molar-refractivity contribution in [1.82, 2.24) is 15.0 Å². The van der Waals surface area contributed by atoms with Crippen LogP contribution < -0.4 is 10.1 Å². The lowest BCUT2D eigenvalue weighted by atomic mass is 10.1. The number of fused-ring (bicyclic) bond motifs is 3. The lowest BCUT2D eigenvalue weighted by molar-refractivity contribution is -0.0498. The zero-order chi connectivity index (χ0) is 19.0. The van der Waals surface area contributed by atoms with E-state index in [1.54, 1.807) is 23.5 Å². The minimum Gasteiger partial charge on any atom is -0.435 e. The molecule has 4 rings (SSSR count). The molecule has 0 saturated carbocycles. The van der Waals surface area contributed by atoms with E-state index in [1.807, 2.05) is 13.0 Å². The average Bonchev–Trinajstić information content (AvgIpc) is 2.99. The Hall–Kier alpha value is -2.87. The molecule has 0 fully saturated rings. The van der Waals surface area contributed by atoms with Gasteiger partial charge in [0.25, 0.3) is 0 Å². The summed E-state index contributed by atoms with van der Waals surface area (Å²) in [6, 6.07) is 8.57. The van der Waals surface area contributed by atoms with Gasteiger partial charge in [0.15, 0.2) is 0 Å². The third kappa shape index (κ3) is 3.52. The van der Waals surface area contributed by atoms with Crippen LogP contribution >= 0.6 is 11.3 Å². The summed E-state index contributed by atoms with van der Waals surface area (Å²) in [7, 11) is 0. The van der Waals surface area contributed by atoms with E-state index >= 15 is 0 Å². The first-order chi connectivity index (χ1) is 13.0. The lowest BCUT2D eigenvalue weighted by Crippen LogP contribution is -2.03. The maximum Gasteiger partial charge on any atom is 0.387 e. The fourth-order valence-corrected chi connectivity index (χ4v) is 4.23. The normalized spacial score (nSPS) is 11.4. The number of nitrogens with one attached hydrogen (secondary N) is 1. The number of alkyl halides is 2. The van der Waals surface area contributed by atoms with Crippen molar-refractivity contribution in [3.8, 4) is 5.75 Å². The van der Waals surface area contributed by atoms with Crippen molar-refractivity contribution in [1.29, 1.82) is 0 Å². The molecule has 0 amide bonds. The van der Waals surface area contributed by atoms with Crippen molar-refractivity contribution in [2.75, 3.05) is 5.32 Å². The maximum atomic E-state index is 12.2. The molecule has 5 nitrogen and oxygen atoms in total. The molecule has 3 aromatic heterocycles. The number of aryl methyl sites for hydroxylation is 2. The number of halogens is 2. The molecule has 0 spiro atoms. The van der Waals surface area contributed by atoms with Crippen LogP contribution in [0, 0.1) is 13.8 Å². The van der Waals surface area contributed by atoms with E-state index in [9.17, 15) is 8.78 Å². The molecule has 0 bridgehead atoms. The molecule has 4 aromatic rings. The Morgan fingerprint density at radius 3 is 2.67 bits per heavy atom. The molecule has 27 heavy (non-hydrogen) atoms. The Labute approximate surface area is 158 Å². The number of benzene rings is 1. The monoisotopic (exact) mass is 386 g/mol. The maximum absolute atomic E-state index is 12.2. The van der Waals surface area contributed by atoms with E-state index in [4.69, 9.17) is 0 Å². The van der Waals surface area contributed by atoms with Gasteiger partial charge in [-0.1, -0.05) is 12.1 Å². The van der Waals surface area contributed by atoms with E-state index in [2.05, 4.69) is 31.9 Å². The van der Waals surface area contributed by atoms with Gasteiger partial charge in [0.05, 0.1) is 10.2 Å². The molecule has 0 aliphatic carbocycles. The molecule has 3 heterocycles. The molecule has 1 aromatic carbocycles. The van der Waals surface area contributed by atoms with Crippen molar-refractivity contribution in [3.05, 3.63) is 53.5 Å². The Bertz CT molecular complexity index is 1110. The molecule has 0 aliphatic heterocycles. The van der Waals surface area contributed by atoms with Crippen LogP contribution in [0.25, 0.3) is 20.4 Å². The van der Waals surface area contributed by atoms with Crippen molar-refractivity contribution >= 4 is 37.6 Å². The van der Waals surface area contributed by atoms with Gasteiger partial charge in [0.1, 0.15) is 22.7 Å². The molecular weight excluding hydrogens is 370 g/mol. The van der Waals surface area contributed by atoms with E-state index < -0.39 is 6.61 Å². The summed E-state index contributed by atoms with van der Waals surface area (Å²) in [6.07, 6.45) is 1.54. The summed E-state index contributed by atoms with van der Waals surface area (Å²) in [5.41, 5.74) is 3.93. The summed E-state index contributed by atoms with van der Waals surface area (Å²) in [5, 5.41) is 4.36. The second kappa shape index (κ2) is 7.03. The molecule has 138 valence electrons. The van der Waals surface area contributed by atoms with Gasteiger partial charge in [-0.15, -0.1) is 11.3 Å². The van der Waals surface area contributed by atoms with E-state index in [-0.39, 0.29) is 5.75 Å². The number of thiophene rings is 1. The predicted molar refractivity (Wildman–Crippen MR) is 103 cm³/mol. The van der Waals surface area contributed by atoms with Crippen molar-refractivity contribution in [3.63, 3.8) is 0 Å². The standard InChI is InChI=1S/C19H16F2N4OS/c1-10-7-11(2)25-18-14(10)15-16(27-18)17(24-9-23-15)22-8-12-3-5-13(6-4-12)26-19(20)21/h3-7,9,19H,8H2,1-2H3,(H,22,23,24). The number of ether oxygens (including phenoxy) is 1. The molecular formula is C19H16F2N4OS. The number of anilines is 1. The minimum atomic E-state index is -2.82. The highest BCUT2D eigenvalue weighted by molar-refractivity contribution is 7.26. The van der Waals surface area contributed by atoms with Crippen LogP contribution in [0.4, 0.5) is 14.6 Å². The molecule has 8 heteroatoms. The molecule has 0 aliphatic rings. The Morgan fingerprint density at radius 1 is 1.15 bits per heavy atom. The van der Waals surface area contributed by atoms with Gasteiger partial charge in [0.2, 0.25) is 0 Å². The second-order valence-electron chi connectivity index (χ2n) is 6.14. The zero-order valence-electron chi connectivity index (χ0n) is 14.7. The number of rotatable bonds is 5. The van der Waals surface area contributed by atoms with Gasteiger partial charge >= 0.3 is 6.61 Å². The number of nitrogens with zero attached hydrogens (tertiary/aromatic N) is 3. The van der Waals surface area contributed by atoms with Crippen molar-refractivity contribution < 1.29 is 13.5 Å². The third-order valence-corrected chi connectivity index (χ3v) is 5.24. The van der Waals surface area contributed by atoms with Gasteiger partial charge < -0.3 is 10.1 Å². The first-order valence-electron chi connectivity index (χ1n) is 8.30. The number of hydrogen-bond acceptors (Lipinski definition) is 6. The Balaban J connectivity index is 1.61. The third-order valence-electron chi connectivity index (χ3n) is 4.16. The average molecular weight is 386 g/mol. The SMILES string of the molecule is Cc1cc(C)c2c(n1)sc1c(NCc3ccc(OC(F)F)cc3)ncnc12. The molecule has 0 radical (unpaired) electrons. The van der Waals surface area contributed by atoms with Crippen molar-refractivity contribution in [2.24, 2.45) is 0 Å². The second-order valence-corrected chi connectivity index (χ2v) is 7.14. The summed E-state index contributed by atoms with van der Waals surface area (Å²) in [4.78, 5) is 14.4. The highest BCUT2D eigenvalue weighted by Gasteiger charge is 2.14. The van der Waals surface area contributed by atoms with Crippen LogP contribution in [0.2, 0.25) is 0 Å². The number of pyridine rings is 1. The lowest BCUT2D eigenvalue weighted by Gasteiger charge is -2.08. The van der Waals surface area contributed by atoms with Crippen molar-refractivity contribution in [2.45, 2.75) is 27.0 Å². The highest BCUT2D eigenvalue weighted by Crippen LogP contribution is 2.36. The quantitative estimate of drug-likeness (QED) is 0.519. The summed E-state index contributed by atoms with van der Waals surface area (Å²) < 4.78 is 29.8. The van der Waals surface area contributed by atoms with Crippen LogP contribution in [0.15, 0.2) is 36.7 Å². The Kier molecular flexibility index (Phi) is 4.57. The van der Waals surface area contributed by atoms with E-state index in [0.717, 1.165) is 43.1 Å². The first kappa shape index (κ1) is 17.5. The van der Waals surface area contributed by atoms with Crippen LogP contribution in [0.5, 0.6) is 5.75 Å². The summed E-state index contributed by atoms with van der Waals surface area (Å²) in [5.74, 6) is 0.868. The molecule has 0 unspecified atom stereocenters. The minimum absolute atomic E-state index is 0.139. The van der Waals surface area contributed by atoms with Crippen LogP contribution in [-0.4, -0.2) is 21.6 Å². The van der Waals surface area contributed by atoms with Crippen LogP contribution in [-0.2, 0) is 6.54 Å². The number of aromatic nitrogens is 3. The van der Waals surface area contributed by atoms with Gasteiger partial charge in [0, 0.05) is 17.6 Å². The smallest absolute Gasteiger partial charge is 0.387 e. The number of hydrogen-bond donors (Lipinski definition) is 1. The zero-order valence-corrected chi connectivity index (χ0v) is 15.5. The first-order valence-corrected chi connectivity index (χ1v) is 9.12. The topological polar surface area (TPSA) is 59.9 Å². The fraction of sp³-hybridized carbons (Fsp3) is 0.211. The van der Waals surface area contributed by atoms with Gasteiger partial charge in [-0.25, -0.2) is 15.0 Å². The highest BCUT2D eigenvalue weighted by atomic mass is 32.1. The fourth-order valence-electron chi connectivity index (χ4n) is 3.01. The predicted octanol–water partition coefficient (Wildman–Crippen LogP) is 5.07. The largest absolute Gasteiger partial charge is 0.435 e. The van der Waals surface area contributed by atoms with Crippen LogP contribution in [0.1, 0.15) is 16.8 Å². The van der Waals surface area contributed by atoms with Gasteiger partial charge in [-0.3, -0.25) is 0 Å². The van der Waals surface area contributed by atoms with E-state index in [1.165, 1.54) is 18.5 Å². The van der Waals surface area contributed by atoms with E-state index in [0.29, 0.717) is 6.54 Å². The Morgan fingerprint density at radius 2 is 1.93 bits per heavy atom. The van der Waals surface area contributed by atoms with Gasteiger partial charge in [-0.05, 0) is 43.2 Å². The summed E-state index contributed by atoms with van der Waals surface area (Å²) >= 11 is 1.56. The molecule has 1 N–H and O–H groups in total. The van der Waals surface area contributed by atoms with Gasteiger partial charge in [-0.2, -0.15) is 8.78 Å². The molecule has 0 atom stereocenters. The molecule has 0 saturated heterocycles. The summed E-state index contributed by atoms with van der Waals surface area (Å²) in [6.45, 7) is 1.71. The van der Waals surface area contributed by atoms with Crippen LogP contribution in [0.3, 0.4) is 0 Å².